The first kappa shape index (κ1) is 14.3. The molecule has 0 aliphatic rings. The van der Waals surface area contributed by atoms with Crippen molar-refractivity contribution in [3.8, 4) is 23.6 Å². The fourth-order valence-electron chi connectivity index (χ4n) is 2.00. The van der Waals surface area contributed by atoms with Crippen LogP contribution in [-0.2, 0) is 0 Å². The SMILES string of the molecule is N#CC(C#N)=CNc1ccc2nc(-c3cccc(F)c3)oc2c1. The summed E-state index contributed by atoms with van der Waals surface area (Å²) in [5.74, 6) is -0.0419. The van der Waals surface area contributed by atoms with Gasteiger partial charge in [-0.2, -0.15) is 10.5 Å². The maximum Gasteiger partial charge on any atom is 0.227 e. The molecule has 0 saturated heterocycles. The van der Waals surface area contributed by atoms with E-state index in [-0.39, 0.29) is 11.4 Å². The number of nitrogens with one attached hydrogen (secondary N) is 1. The number of anilines is 1. The lowest BCUT2D eigenvalue weighted by Crippen LogP contribution is -1.89. The zero-order valence-corrected chi connectivity index (χ0v) is 11.7. The van der Waals surface area contributed by atoms with E-state index < -0.39 is 0 Å². The van der Waals surface area contributed by atoms with Crippen LogP contribution in [0.3, 0.4) is 0 Å². The number of benzene rings is 2. The summed E-state index contributed by atoms with van der Waals surface area (Å²) < 4.78 is 18.9. The van der Waals surface area contributed by atoms with Crippen molar-refractivity contribution < 1.29 is 8.81 Å². The van der Waals surface area contributed by atoms with Crippen LogP contribution in [0, 0.1) is 28.5 Å². The second-order valence-electron chi connectivity index (χ2n) is 4.64. The van der Waals surface area contributed by atoms with Gasteiger partial charge >= 0.3 is 0 Å². The highest BCUT2D eigenvalue weighted by Gasteiger charge is 2.09. The summed E-state index contributed by atoms with van der Waals surface area (Å²) in [4.78, 5) is 4.31. The minimum atomic E-state index is -0.363. The Labute approximate surface area is 130 Å². The molecule has 2 aromatic carbocycles. The molecule has 0 fully saturated rings. The lowest BCUT2D eigenvalue weighted by molar-refractivity contribution is 0.611. The Kier molecular flexibility index (Phi) is 3.73. The molecule has 1 N–H and O–H groups in total. The second-order valence-corrected chi connectivity index (χ2v) is 4.64. The van der Waals surface area contributed by atoms with E-state index >= 15 is 0 Å². The molecule has 5 nitrogen and oxygen atoms in total. The van der Waals surface area contributed by atoms with Crippen LogP contribution in [-0.4, -0.2) is 4.98 Å². The van der Waals surface area contributed by atoms with Gasteiger partial charge in [0.2, 0.25) is 5.89 Å². The average Bonchev–Trinajstić information content (AvgIpc) is 2.99. The summed E-state index contributed by atoms with van der Waals surface area (Å²) in [7, 11) is 0. The minimum absolute atomic E-state index is 0.0388. The predicted octanol–water partition coefficient (Wildman–Crippen LogP) is 3.98. The van der Waals surface area contributed by atoms with Gasteiger partial charge in [-0.1, -0.05) is 6.07 Å². The second kappa shape index (κ2) is 6.00. The Morgan fingerprint density at radius 2 is 2.00 bits per heavy atom. The molecular formula is C17H9FN4O. The molecule has 23 heavy (non-hydrogen) atoms. The molecule has 0 bridgehead atoms. The predicted molar refractivity (Wildman–Crippen MR) is 82.3 cm³/mol. The zero-order valence-electron chi connectivity index (χ0n) is 11.7. The van der Waals surface area contributed by atoms with Crippen molar-refractivity contribution in [2.45, 2.75) is 0 Å². The van der Waals surface area contributed by atoms with E-state index in [1.54, 1.807) is 42.5 Å². The lowest BCUT2D eigenvalue weighted by atomic mass is 10.2. The smallest absolute Gasteiger partial charge is 0.227 e. The monoisotopic (exact) mass is 304 g/mol. The molecule has 0 aliphatic heterocycles. The molecule has 3 aromatic rings. The van der Waals surface area contributed by atoms with E-state index in [0.29, 0.717) is 28.2 Å². The van der Waals surface area contributed by atoms with Crippen LogP contribution in [0.1, 0.15) is 0 Å². The van der Waals surface area contributed by atoms with E-state index in [9.17, 15) is 4.39 Å². The van der Waals surface area contributed by atoms with Gasteiger partial charge in [0, 0.05) is 23.5 Å². The van der Waals surface area contributed by atoms with Crippen LogP contribution in [0.4, 0.5) is 10.1 Å². The highest BCUT2D eigenvalue weighted by atomic mass is 19.1. The first-order chi connectivity index (χ1) is 11.2. The number of fused-ring (bicyclic) bond motifs is 1. The van der Waals surface area contributed by atoms with E-state index in [4.69, 9.17) is 14.9 Å². The Bertz CT molecular complexity index is 976. The molecule has 0 atom stereocenters. The summed E-state index contributed by atoms with van der Waals surface area (Å²) in [6.07, 6.45) is 1.31. The molecule has 0 unspecified atom stereocenters. The quantitative estimate of drug-likeness (QED) is 0.740. The van der Waals surface area contributed by atoms with Gasteiger partial charge in [-0.25, -0.2) is 9.37 Å². The van der Waals surface area contributed by atoms with E-state index in [2.05, 4.69) is 10.3 Å². The first-order valence-electron chi connectivity index (χ1n) is 6.63. The molecule has 1 aromatic heterocycles. The van der Waals surface area contributed by atoms with Gasteiger partial charge in [-0.15, -0.1) is 0 Å². The standard InChI is InChI=1S/C17H9FN4O/c18-13-3-1-2-12(6-13)17-22-15-5-4-14(7-16(15)23-17)21-10-11(8-19)9-20/h1-7,10,21H. The molecule has 1 heterocycles. The molecular weight excluding hydrogens is 295 g/mol. The molecule has 0 amide bonds. The Morgan fingerprint density at radius 3 is 2.74 bits per heavy atom. The topological polar surface area (TPSA) is 85.6 Å². The number of oxazole rings is 1. The van der Waals surface area contributed by atoms with Crippen LogP contribution in [0.15, 0.2) is 58.7 Å². The summed E-state index contributed by atoms with van der Waals surface area (Å²) >= 11 is 0. The Morgan fingerprint density at radius 1 is 1.17 bits per heavy atom. The van der Waals surface area contributed by atoms with Gasteiger partial charge in [0.05, 0.1) is 0 Å². The van der Waals surface area contributed by atoms with Crippen molar-refractivity contribution >= 4 is 16.8 Å². The highest BCUT2D eigenvalue weighted by molar-refractivity contribution is 5.80. The molecule has 0 spiro atoms. The van der Waals surface area contributed by atoms with Gasteiger partial charge in [-0.3, -0.25) is 0 Å². The molecule has 110 valence electrons. The third-order valence-electron chi connectivity index (χ3n) is 3.08. The largest absolute Gasteiger partial charge is 0.436 e. The molecule has 0 radical (unpaired) electrons. The van der Waals surface area contributed by atoms with Crippen molar-refractivity contribution in [1.82, 2.24) is 4.98 Å². The van der Waals surface area contributed by atoms with Crippen molar-refractivity contribution in [3.63, 3.8) is 0 Å². The van der Waals surface area contributed by atoms with Crippen molar-refractivity contribution in [2.75, 3.05) is 5.32 Å². The first-order valence-corrected chi connectivity index (χ1v) is 6.63. The van der Waals surface area contributed by atoms with E-state index in [1.165, 1.54) is 18.3 Å². The van der Waals surface area contributed by atoms with Gasteiger partial charge in [0.15, 0.2) is 5.58 Å². The van der Waals surface area contributed by atoms with Crippen molar-refractivity contribution in [1.29, 1.82) is 10.5 Å². The number of hydrogen-bond donors (Lipinski definition) is 1. The number of nitriles is 2. The van der Waals surface area contributed by atoms with Crippen LogP contribution >= 0.6 is 0 Å². The Balaban J connectivity index is 1.94. The lowest BCUT2D eigenvalue weighted by Gasteiger charge is -1.98. The molecule has 6 heteroatoms. The molecule has 0 saturated carbocycles. The van der Waals surface area contributed by atoms with Gasteiger partial charge < -0.3 is 9.73 Å². The van der Waals surface area contributed by atoms with Gasteiger partial charge in [-0.05, 0) is 30.3 Å². The summed E-state index contributed by atoms with van der Waals surface area (Å²) in [6, 6.07) is 14.7. The number of nitrogens with zero attached hydrogens (tertiary/aromatic N) is 3. The summed E-state index contributed by atoms with van der Waals surface area (Å²) in [5, 5.41) is 20.2. The normalized spacial score (nSPS) is 9.87. The molecule has 0 aliphatic carbocycles. The number of hydrogen-bond acceptors (Lipinski definition) is 5. The van der Waals surface area contributed by atoms with Crippen molar-refractivity contribution in [2.24, 2.45) is 0 Å². The van der Waals surface area contributed by atoms with Crippen LogP contribution in [0.2, 0.25) is 0 Å². The minimum Gasteiger partial charge on any atom is -0.436 e. The fraction of sp³-hybridized carbons (Fsp3) is 0. The van der Waals surface area contributed by atoms with Crippen LogP contribution in [0.25, 0.3) is 22.6 Å². The van der Waals surface area contributed by atoms with Crippen LogP contribution < -0.4 is 5.32 Å². The number of aromatic nitrogens is 1. The Hall–Kier alpha value is -3.64. The highest BCUT2D eigenvalue weighted by Crippen LogP contribution is 2.26. The zero-order chi connectivity index (χ0) is 16.2. The fourth-order valence-corrected chi connectivity index (χ4v) is 2.00. The number of rotatable bonds is 3. The maximum absolute atomic E-state index is 13.3. The number of allylic oxidation sites excluding steroid dienone is 1. The van der Waals surface area contributed by atoms with Crippen molar-refractivity contribution in [3.05, 3.63) is 60.1 Å². The third kappa shape index (κ3) is 3.02. The van der Waals surface area contributed by atoms with Gasteiger partial charge in [0.1, 0.15) is 29.0 Å². The molecule has 3 rings (SSSR count). The maximum atomic E-state index is 13.3. The average molecular weight is 304 g/mol. The van der Waals surface area contributed by atoms with E-state index in [1.807, 2.05) is 0 Å². The van der Waals surface area contributed by atoms with Crippen LogP contribution in [0.5, 0.6) is 0 Å². The summed E-state index contributed by atoms with van der Waals surface area (Å²) in [5.41, 5.74) is 2.29. The summed E-state index contributed by atoms with van der Waals surface area (Å²) in [6.45, 7) is 0. The van der Waals surface area contributed by atoms with E-state index in [0.717, 1.165) is 0 Å². The third-order valence-corrected chi connectivity index (χ3v) is 3.08. The number of halogens is 1. The van der Waals surface area contributed by atoms with Gasteiger partial charge in [0.25, 0.3) is 0 Å².